The first kappa shape index (κ1) is 16.5. The maximum absolute atomic E-state index is 11.8. The first-order valence-corrected chi connectivity index (χ1v) is 7.93. The summed E-state index contributed by atoms with van der Waals surface area (Å²) in [5.41, 5.74) is 8.12. The Morgan fingerprint density at radius 1 is 0.960 bits per heavy atom. The van der Waals surface area contributed by atoms with Crippen molar-refractivity contribution in [3.63, 3.8) is 0 Å². The predicted octanol–water partition coefficient (Wildman–Crippen LogP) is 2.66. The average molecular weight is 349 g/mol. The van der Waals surface area contributed by atoms with Gasteiger partial charge in [-0.25, -0.2) is 4.98 Å². The third kappa shape index (κ3) is 4.82. The van der Waals surface area contributed by atoms with Crippen LogP contribution in [0, 0.1) is 0 Å². The SMILES string of the molecule is O=C(/C=C/c1cnc2ccccc2n1)NNC(=S)Nc1ccccc1. The van der Waals surface area contributed by atoms with Gasteiger partial charge in [0.1, 0.15) is 0 Å². The van der Waals surface area contributed by atoms with Gasteiger partial charge >= 0.3 is 0 Å². The van der Waals surface area contributed by atoms with Crippen molar-refractivity contribution in [2.75, 3.05) is 5.32 Å². The van der Waals surface area contributed by atoms with Crippen LogP contribution < -0.4 is 16.2 Å². The highest BCUT2D eigenvalue weighted by molar-refractivity contribution is 7.80. The van der Waals surface area contributed by atoms with E-state index in [9.17, 15) is 4.79 Å². The lowest BCUT2D eigenvalue weighted by Crippen LogP contribution is -2.43. The molecule has 25 heavy (non-hydrogen) atoms. The molecule has 3 rings (SSSR count). The Morgan fingerprint density at radius 3 is 2.48 bits per heavy atom. The molecule has 0 bridgehead atoms. The predicted molar refractivity (Wildman–Crippen MR) is 103 cm³/mol. The Bertz CT molecular complexity index is 927. The van der Waals surface area contributed by atoms with E-state index in [2.05, 4.69) is 26.1 Å². The summed E-state index contributed by atoms with van der Waals surface area (Å²) in [4.78, 5) is 20.5. The second-order valence-corrected chi connectivity index (χ2v) is 5.46. The molecule has 1 aromatic heterocycles. The first-order chi connectivity index (χ1) is 12.2. The van der Waals surface area contributed by atoms with E-state index in [1.54, 1.807) is 12.3 Å². The van der Waals surface area contributed by atoms with Crippen molar-refractivity contribution in [2.24, 2.45) is 0 Å². The molecule has 0 saturated heterocycles. The number of amides is 1. The molecule has 0 atom stereocenters. The number of hydrogen-bond donors (Lipinski definition) is 3. The number of carbonyl (C=O) groups excluding carboxylic acids is 1. The highest BCUT2D eigenvalue weighted by Crippen LogP contribution is 2.09. The molecule has 124 valence electrons. The lowest BCUT2D eigenvalue weighted by atomic mass is 10.3. The molecule has 0 unspecified atom stereocenters. The molecule has 0 aliphatic carbocycles. The normalized spacial score (nSPS) is 10.6. The number of aromatic nitrogens is 2. The number of rotatable bonds is 3. The van der Waals surface area contributed by atoms with Gasteiger partial charge in [0.15, 0.2) is 5.11 Å². The van der Waals surface area contributed by atoms with Crippen molar-refractivity contribution in [3.8, 4) is 0 Å². The third-order valence-corrected chi connectivity index (χ3v) is 3.41. The lowest BCUT2D eigenvalue weighted by molar-refractivity contribution is -0.116. The minimum absolute atomic E-state index is 0.290. The number of nitrogens with zero attached hydrogens (tertiary/aromatic N) is 2. The van der Waals surface area contributed by atoms with Gasteiger partial charge in [-0.3, -0.25) is 20.6 Å². The van der Waals surface area contributed by atoms with Crippen LogP contribution in [0.1, 0.15) is 5.69 Å². The molecule has 7 heteroatoms. The molecular weight excluding hydrogens is 334 g/mol. The van der Waals surface area contributed by atoms with Crippen LogP contribution in [0.25, 0.3) is 17.1 Å². The maximum Gasteiger partial charge on any atom is 0.262 e. The number of anilines is 1. The first-order valence-electron chi connectivity index (χ1n) is 7.52. The van der Waals surface area contributed by atoms with E-state index in [-0.39, 0.29) is 5.91 Å². The van der Waals surface area contributed by atoms with Crippen LogP contribution in [0.5, 0.6) is 0 Å². The molecule has 1 heterocycles. The molecular formula is C18H15N5OS. The average Bonchev–Trinajstić information content (AvgIpc) is 2.65. The zero-order valence-electron chi connectivity index (χ0n) is 13.1. The van der Waals surface area contributed by atoms with Gasteiger partial charge in [-0.2, -0.15) is 0 Å². The molecule has 0 radical (unpaired) electrons. The number of para-hydroxylation sites is 3. The van der Waals surface area contributed by atoms with E-state index in [4.69, 9.17) is 12.2 Å². The minimum Gasteiger partial charge on any atom is -0.331 e. The summed E-state index contributed by atoms with van der Waals surface area (Å²) in [5, 5.41) is 3.24. The van der Waals surface area contributed by atoms with E-state index in [1.807, 2.05) is 54.6 Å². The van der Waals surface area contributed by atoms with Crippen molar-refractivity contribution < 1.29 is 4.79 Å². The number of benzene rings is 2. The van der Waals surface area contributed by atoms with E-state index in [0.29, 0.717) is 10.8 Å². The minimum atomic E-state index is -0.354. The fourth-order valence-corrected chi connectivity index (χ4v) is 2.23. The molecule has 0 spiro atoms. The van der Waals surface area contributed by atoms with E-state index < -0.39 is 0 Å². The molecule has 1 amide bonds. The monoisotopic (exact) mass is 349 g/mol. The zero-order chi connectivity index (χ0) is 17.5. The number of thiocarbonyl (C=S) groups is 1. The van der Waals surface area contributed by atoms with Gasteiger partial charge in [0.2, 0.25) is 0 Å². The molecule has 0 aliphatic heterocycles. The Hall–Kier alpha value is -3.32. The quantitative estimate of drug-likeness (QED) is 0.383. The van der Waals surface area contributed by atoms with Crippen molar-refractivity contribution >= 4 is 46.0 Å². The summed E-state index contributed by atoms with van der Waals surface area (Å²) >= 11 is 5.10. The van der Waals surface area contributed by atoms with Gasteiger partial charge in [-0.15, -0.1) is 0 Å². The Kier molecular flexibility index (Phi) is 5.28. The topological polar surface area (TPSA) is 78.9 Å². The highest BCUT2D eigenvalue weighted by Gasteiger charge is 2.00. The van der Waals surface area contributed by atoms with Gasteiger partial charge in [0, 0.05) is 11.8 Å². The van der Waals surface area contributed by atoms with E-state index in [0.717, 1.165) is 16.7 Å². The summed E-state index contributed by atoms with van der Waals surface area (Å²) in [7, 11) is 0. The van der Waals surface area contributed by atoms with Gasteiger partial charge in [-0.05, 0) is 42.6 Å². The number of hydrazine groups is 1. The van der Waals surface area contributed by atoms with Gasteiger partial charge in [0.25, 0.3) is 5.91 Å². The van der Waals surface area contributed by atoms with Crippen LogP contribution in [-0.2, 0) is 4.79 Å². The molecule has 2 aromatic carbocycles. The molecule has 0 saturated carbocycles. The van der Waals surface area contributed by atoms with Crippen LogP contribution in [-0.4, -0.2) is 21.0 Å². The van der Waals surface area contributed by atoms with Crippen molar-refractivity contribution in [2.45, 2.75) is 0 Å². The van der Waals surface area contributed by atoms with Crippen molar-refractivity contribution in [1.82, 2.24) is 20.8 Å². The van der Waals surface area contributed by atoms with Gasteiger partial charge in [-0.1, -0.05) is 30.3 Å². The second-order valence-electron chi connectivity index (χ2n) is 5.05. The molecule has 3 N–H and O–H groups in total. The summed E-state index contributed by atoms with van der Waals surface area (Å²) in [6, 6.07) is 17.0. The third-order valence-electron chi connectivity index (χ3n) is 3.20. The standard InChI is InChI=1S/C18H15N5OS/c24-17(22-23-18(25)21-13-6-2-1-3-7-13)11-10-14-12-19-15-8-4-5-9-16(15)20-14/h1-12H,(H,22,24)(H2,21,23,25)/b11-10+. The molecule has 6 nitrogen and oxygen atoms in total. The van der Waals surface area contributed by atoms with Crippen molar-refractivity contribution in [1.29, 1.82) is 0 Å². The van der Waals surface area contributed by atoms with E-state index in [1.165, 1.54) is 6.08 Å². The smallest absolute Gasteiger partial charge is 0.262 e. The number of carbonyl (C=O) groups is 1. The fraction of sp³-hybridized carbons (Fsp3) is 0. The maximum atomic E-state index is 11.8. The van der Waals surface area contributed by atoms with Crippen LogP contribution >= 0.6 is 12.2 Å². The Morgan fingerprint density at radius 2 is 1.68 bits per heavy atom. The van der Waals surface area contributed by atoms with Crippen molar-refractivity contribution in [3.05, 3.63) is 72.6 Å². The molecule has 0 fully saturated rings. The largest absolute Gasteiger partial charge is 0.331 e. The second kappa shape index (κ2) is 7.98. The van der Waals surface area contributed by atoms with Crippen LogP contribution in [0.4, 0.5) is 5.69 Å². The van der Waals surface area contributed by atoms with Gasteiger partial charge in [0.05, 0.1) is 22.9 Å². The summed E-state index contributed by atoms with van der Waals surface area (Å²) in [6.45, 7) is 0. The number of fused-ring (bicyclic) bond motifs is 1. The Balaban J connectivity index is 1.52. The summed E-state index contributed by atoms with van der Waals surface area (Å²) < 4.78 is 0. The van der Waals surface area contributed by atoms with Crippen LogP contribution in [0.3, 0.4) is 0 Å². The molecule has 0 aliphatic rings. The summed E-state index contributed by atoms with van der Waals surface area (Å²) in [6.07, 6.45) is 4.56. The Labute approximate surface area is 150 Å². The summed E-state index contributed by atoms with van der Waals surface area (Å²) in [5.74, 6) is -0.354. The lowest BCUT2D eigenvalue weighted by Gasteiger charge is -2.10. The fourth-order valence-electron chi connectivity index (χ4n) is 2.06. The van der Waals surface area contributed by atoms with E-state index >= 15 is 0 Å². The number of nitrogens with one attached hydrogen (secondary N) is 3. The number of hydrogen-bond acceptors (Lipinski definition) is 4. The zero-order valence-corrected chi connectivity index (χ0v) is 14.0. The van der Waals surface area contributed by atoms with Crippen LogP contribution in [0.15, 0.2) is 66.9 Å². The van der Waals surface area contributed by atoms with Crippen LogP contribution in [0.2, 0.25) is 0 Å². The van der Waals surface area contributed by atoms with Gasteiger partial charge < -0.3 is 5.32 Å². The molecule has 3 aromatic rings. The highest BCUT2D eigenvalue weighted by atomic mass is 32.1.